The van der Waals surface area contributed by atoms with Crippen LogP contribution in [0.4, 0.5) is 11.4 Å². The highest BCUT2D eigenvalue weighted by atomic mass is 35.5. The second kappa shape index (κ2) is 8.13. The van der Waals surface area contributed by atoms with Crippen molar-refractivity contribution in [1.82, 2.24) is 0 Å². The summed E-state index contributed by atoms with van der Waals surface area (Å²) in [5, 5.41) is 19.0. The van der Waals surface area contributed by atoms with E-state index in [4.69, 9.17) is 28.9 Å². The number of nitrogens with one attached hydrogen (secondary N) is 1. The first-order valence-electron chi connectivity index (χ1n) is 6.41. The molecule has 0 aliphatic heterocycles. The molecule has 0 aliphatic carbocycles. The second-order valence-corrected chi connectivity index (χ2v) is 7.41. The highest BCUT2D eigenvalue weighted by Gasteiger charge is 2.25. The smallest absolute Gasteiger partial charge is 0.254 e. The Hall–Kier alpha value is -1.10. The summed E-state index contributed by atoms with van der Waals surface area (Å²) < 4.78 is 24.0. The van der Waals surface area contributed by atoms with E-state index in [-0.39, 0.29) is 41.0 Å². The van der Waals surface area contributed by atoms with Gasteiger partial charge < -0.3 is 15.8 Å². The molecule has 0 bridgehead atoms. The average molecular weight is 386 g/mol. The Bertz CT molecular complexity index is 676. The minimum absolute atomic E-state index is 0.146. The normalized spacial score (nSPS) is 12.9. The number of benzene rings is 1. The van der Waals surface area contributed by atoms with Crippen LogP contribution in [0.5, 0.6) is 0 Å². The quantitative estimate of drug-likeness (QED) is 0.422. The van der Waals surface area contributed by atoms with Crippen LogP contribution in [0.25, 0.3) is 0 Å². The summed E-state index contributed by atoms with van der Waals surface area (Å²) in [5.74, 6) is -0.597. The predicted molar refractivity (Wildman–Crippen MR) is 87.5 cm³/mol. The molecule has 0 heterocycles. The first-order valence-corrected chi connectivity index (χ1v) is 9.37. The van der Waals surface area contributed by atoms with Crippen LogP contribution in [0.2, 0.25) is 0 Å². The largest absolute Gasteiger partial charge is 0.595 e. The van der Waals surface area contributed by atoms with Gasteiger partial charge in [0.15, 0.2) is 15.5 Å². The van der Waals surface area contributed by atoms with Crippen molar-refractivity contribution >= 4 is 50.3 Å². The van der Waals surface area contributed by atoms with Crippen molar-refractivity contribution in [3.8, 4) is 0 Å². The third-order valence-electron chi connectivity index (χ3n) is 3.04. The van der Waals surface area contributed by atoms with Gasteiger partial charge in [-0.25, -0.2) is 13.6 Å². The number of nitrogens with zero attached hydrogens (tertiary/aromatic N) is 1. The maximum atomic E-state index is 12.0. The van der Waals surface area contributed by atoms with Gasteiger partial charge in [0, 0.05) is 37.2 Å². The van der Waals surface area contributed by atoms with Crippen molar-refractivity contribution in [2.75, 3.05) is 36.0 Å². The Balaban J connectivity index is 3.71. The SMILES string of the molecule is CS(=O)(=O)c1cc([NH+]([O-])O)c(C(N)=O)cc1N(CCCl)CCCl. The van der Waals surface area contributed by atoms with Crippen LogP contribution in [-0.4, -0.2) is 50.6 Å². The van der Waals surface area contributed by atoms with E-state index in [1.54, 1.807) is 4.90 Å². The van der Waals surface area contributed by atoms with E-state index in [2.05, 4.69) is 0 Å². The van der Waals surface area contributed by atoms with Gasteiger partial charge in [0.1, 0.15) is 5.56 Å². The first-order chi connectivity index (χ1) is 10.6. The van der Waals surface area contributed by atoms with E-state index < -0.39 is 26.7 Å². The average Bonchev–Trinajstić information content (AvgIpc) is 2.44. The fraction of sp³-hybridized carbons (Fsp3) is 0.417. The van der Waals surface area contributed by atoms with Gasteiger partial charge >= 0.3 is 0 Å². The molecule has 1 atom stereocenters. The van der Waals surface area contributed by atoms with Gasteiger partial charge in [-0.1, -0.05) is 0 Å². The summed E-state index contributed by atoms with van der Waals surface area (Å²) in [6.07, 6.45) is 0.945. The lowest BCUT2D eigenvalue weighted by atomic mass is 10.1. The Labute approximate surface area is 143 Å². The van der Waals surface area contributed by atoms with Crippen LogP contribution in [0.3, 0.4) is 0 Å². The van der Waals surface area contributed by atoms with E-state index in [9.17, 15) is 23.6 Å². The molecule has 0 aliphatic rings. The van der Waals surface area contributed by atoms with Gasteiger partial charge in [0.2, 0.25) is 0 Å². The Morgan fingerprint density at radius 1 is 1.35 bits per heavy atom. The van der Waals surface area contributed by atoms with Gasteiger partial charge in [-0.05, 0) is 6.07 Å². The minimum Gasteiger partial charge on any atom is -0.595 e. The van der Waals surface area contributed by atoms with Crippen LogP contribution in [0.1, 0.15) is 10.4 Å². The fourth-order valence-electron chi connectivity index (χ4n) is 2.05. The molecule has 1 aromatic carbocycles. The second-order valence-electron chi connectivity index (χ2n) is 4.67. The first kappa shape index (κ1) is 19.9. The monoisotopic (exact) mass is 385 g/mol. The van der Waals surface area contributed by atoms with Crippen LogP contribution >= 0.6 is 23.2 Å². The zero-order valence-electron chi connectivity index (χ0n) is 12.3. The zero-order valence-corrected chi connectivity index (χ0v) is 14.6. The summed E-state index contributed by atoms with van der Waals surface area (Å²) >= 11 is 11.4. The van der Waals surface area contributed by atoms with Crippen molar-refractivity contribution in [3.63, 3.8) is 0 Å². The lowest BCUT2D eigenvalue weighted by Crippen LogP contribution is -2.99. The van der Waals surface area contributed by atoms with Crippen LogP contribution in [-0.2, 0) is 9.84 Å². The third-order valence-corrected chi connectivity index (χ3v) is 4.51. The molecule has 1 rings (SSSR count). The number of hydrogen-bond donors (Lipinski definition) is 3. The van der Waals surface area contributed by atoms with Crippen LogP contribution in [0.15, 0.2) is 17.0 Å². The van der Waals surface area contributed by atoms with Crippen LogP contribution in [0, 0.1) is 5.21 Å². The number of quaternary nitrogens is 1. The van der Waals surface area contributed by atoms with Gasteiger partial charge in [-0.2, -0.15) is 5.23 Å². The van der Waals surface area contributed by atoms with Gasteiger partial charge in [-0.15, -0.1) is 23.2 Å². The lowest BCUT2D eigenvalue weighted by molar-refractivity contribution is -0.991. The summed E-state index contributed by atoms with van der Waals surface area (Å²) in [6.45, 7) is 0.531. The minimum atomic E-state index is -3.76. The molecule has 8 nitrogen and oxygen atoms in total. The van der Waals surface area contributed by atoms with E-state index in [0.29, 0.717) is 0 Å². The molecular formula is C12H17Cl2N3O5S. The van der Waals surface area contributed by atoms with E-state index >= 15 is 0 Å². The molecule has 0 fully saturated rings. The number of hydrogen-bond acceptors (Lipinski definition) is 6. The molecule has 11 heteroatoms. The van der Waals surface area contributed by atoms with E-state index in [0.717, 1.165) is 18.4 Å². The number of sulfone groups is 1. The summed E-state index contributed by atoms with van der Waals surface area (Å²) in [7, 11) is -3.76. The number of halogens is 2. The molecule has 1 unspecified atom stereocenters. The summed E-state index contributed by atoms with van der Waals surface area (Å²) in [5.41, 5.74) is 4.59. The molecule has 0 saturated heterocycles. The summed E-state index contributed by atoms with van der Waals surface area (Å²) in [6, 6.07) is 2.09. The fourth-order valence-corrected chi connectivity index (χ4v) is 3.36. The Kier molecular flexibility index (Phi) is 7.05. The molecule has 1 aromatic rings. The Morgan fingerprint density at radius 3 is 2.22 bits per heavy atom. The topological polar surface area (TPSA) is 128 Å². The van der Waals surface area contributed by atoms with E-state index in [1.807, 2.05) is 0 Å². The third kappa shape index (κ3) is 4.93. The van der Waals surface area contributed by atoms with Gasteiger partial charge in [-0.3, -0.25) is 4.79 Å². The molecule has 0 spiro atoms. The predicted octanol–water partition coefficient (Wildman–Crippen LogP) is -0.124. The molecular weight excluding hydrogens is 369 g/mol. The zero-order chi connectivity index (χ0) is 17.8. The van der Waals surface area contributed by atoms with Crippen molar-refractivity contribution < 1.29 is 23.6 Å². The molecule has 1 amide bonds. The maximum absolute atomic E-state index is 12.0. The lowest BCUT2D eigenvalue weighted by Gasteiger charge is -2.26. The number of anilines is 1. The molecule has 0 aromatic heterocycles. The Morgan fingerprint density at radius 2 is 1.87 bits per heavy atom. The van der Waals surface area contributed by atoms with Crippen molar-refractivity contribution in [3.05, 3.63) is 22.9 Å². The number of amides is 1. The molecule has 4 N–H and O–H groups in total. The standard InChI is InChI=1S/C12H17Cl2N3O5S/c1-23(21,22)11-7-9(17(19)20)8(12(15)18)6-10(11)16(4-2-13)5-3-14/h6-7,17,19H,2-5H2,1H3,(H2,15,18). The van der Waals surface area contributed by atoms with E-state index in [1.165, 1.54) is 0 Å². The number of alkyl halides is 2. The number of primary amides is 1. The van der Waals surface area contributed by atoms with Crippen molar-refractivity contribution in [2.45, 2.75) is 4.90 Å². The molecule has 0 saturated carbocycles. The molecule has 23 heavy (non-hydrogen) atoms. The number of rotatable bonds is 8. The maximum Gasteiger partial charge on any atom is 0.254 e. The summed E-state index contributed by atoms with van der Waals surface area (Å²) in [4.78, 5) is 12.9. The van der Waals surface area contributed by atoms with Crippen molar-refractivity contribution in [2.24, 2.45) is 5.73 Å². The van der Waals surface area contributed by atoms with Crippen molar-refractivity contribution in [1.29, 1.82) is 0 Å². The molecule has 0 radical (unpaired) electrons. The number of carbonyl (C=O) groups excluding carboxylic acids is 1. The number of nitrogens with two attached hydrogens (primary N) is 1. The van der Waals surface area contributed by atoms with Crippen LogP contribution < -0.4 is 15.9 Å². The van der Waals surface area contributed by atoms with Gasteiger partial charge in [0.05, 0.1) is 10.6 Å². The highest BCUT2D eigenvalue weighted by molar-refractivity contribution is 7.90. The highest BCUT2D eigenvalue weighted by Crippen LogP contribution is 2.30. The molecule has 130 valence electrons. The van der Waals surface area contributed by atoms with Gasteiger partial charge in [0.25, 0.3) is 5.91 Å². The number of carbonyl (C=O) groups is 1.